The number of primary amides is 1. The van der Waals surface area contributed by atoms with Gasteiger partial charge in [0.15, 0.2) is 5.81 Å². The maximum atomic E-state index is 9.70. The van der Waals surface area contributed by atoms with E-state index in [4.69, 9.17) is 0 Å². The molecule has 0 aliphatic heterocycles. The highest BCUT2D eigenvalue weighted by Crippen LogP contribution is 1.47. The summed E-state index contributed by atoms with van der Waals surface area (Å²) < 4.78 is 0. The Morgan fingerprint density at radius 1 is 2.00 bits per heavy atom. The molecule has 0 heterocycles. The molecule has 0 atom stereocenters. The summed E-state index contributed by atoms with van der Waals surface area (Å²) in [5.41, 5.74) is 4.65. The molecule has 0 fully saturated rings. The van der Waals surface area contributed by atoms with Crippen molar-refractivity contribution in [2.75, 3.05) is 7.05 Å². The number of amides is 1. The second-order valence-corrected chi connectivity index (χ2v) is 0.835. The van der Waals surface area contributed by atoms with Crippen molar-refractivity contribution < 1.29 is 4.79 Å². The molecule has 0 saturated heterocycles. The van der Waals surface area contributed by atoms with Gasteiger partial charge in [0.2, 0.25) is 0 Å². The van der Waals surface area contributed by atoms with E-state index in [1.54, 1.807) is 7.05 Å². The number of carbonyl (C=O) groups excluding carboxylic acids is 1. The Morgan fingerprint density at radius 2 is 2.50 bits per heavy atom. The van der Waals surface area contributed by atoms with Crippen molar-refractivity contribution >= 4 is 13.2 Å². The summed E-state index contributed by atoms with van der Waals surface area (Å²) in [7, 11) is 2.80. The standard InChI is InChI=1S/C2H6BN2O/c1-5-3-2(4)6/h5H,1H3,(H2,4,6). The van der Waals surface area contributed by atoms with Crippen molar-refractivity contribution in [3.63, 3.8) is 0 Å². The summed E-state index contributed by atoms with van der Waals surface area (Å²) in [6.07, 6.45) is 0. The summed E-state index contributed by atoms with van der Waals surface area (Å²) in [5, 5.41) is 2.47. The van der Waals surface area contributed by atoms with E-state index in [1.165, 1.54) is 7.41 Å². The Balaban J connectivity index is 2.83. The van der Waals surface area contributed by atoms with Crippen molar-refractivity contribution in [1.82, 2.24) is 5.23 Å². The molecular formula is C2H6BN2O. The molecule has 0 saturated carbocycles. The maximum absolute atomic E-state index is 9.70. The largest absolute Gasteiger partial charge is 0.377 e. The third-order valence-electron chi connectivity index (χ3n) is 0.287. The summed E-state index contributed by atoms with van der Waals surface area (Å²) in [6.45, 7) is 0. The summed E-state index contributed by atoms with van der Waals surface area (Å²) in [6, 6.07) is 0. The van der Waals surface area contributed by atoms with Gasteiger partial charge in [-0.1, -0.05) is 0 Å². The van der Waals surface area contributed by atoms with Crippen LogP contribution in [-0.4, -0.2) is 20.3 Å². The van der Waals surface area contributed by atoms with Crippen LogP contribution in [0.1, 0.15) is 0 Å². The molecule has 0 rings (SSSR count). The van der Waals surface area contributed by atoms with Gasteiger partial charge in [0.25, 0.3) is 0 Å². The van der Waals surface area contributed by atoms with Gasteiger partial charge in [-0.25, -0.2) is 0 Å². The first-order valence-electron chi connectivity index (χ1n) is 1.57. The van der Waals surface area contributed by atoms with Gasteiger partial charge < -0.3 is 11.0 Å². The molecule has 4 heteroatoms. The smallest absolute Gasteiger partial charge is 0.325 e. The minimum absolute atomic E-state index is 0.447. The second kappa shape index (κ2) is 2.72. The summed E-state index contributed by atoms with van der Waals surface area (Å²) >= 11 is 0. The number of rotatable bonds is 2. The van der Waals surface area contributed by atoms with E-state index in [-0.39, 0.29) is 0 Å². The third-order valence-corrected chi connectivity index (χ3v) is 0.287. The Morgan fingerprint density at radius 3 is 2.50 bits per heavy atom. The van der Waals surface area contributed by atoms with Gasteiger partial charge in [-0.3, -0.25) is 4.79 Å². The Bertz CT molecular complexity index is 55.5. The van der Waals surface area contributed by atoms with Gasteiger partial charge >= 0.3 is 7.41 Å². The topological polar surface area (TPSA) is 55.1 Å². The Kier molecular flexibility index (Phi) is 2.49. The highest BCUT2D eigenvalue weighted by Gasteiger charge is 1.88. The molecule has 0 aromatic heterocycles. The highest BCUT2D eigenvalue weighted by molar-refractivity contribution is 6.71. The van der Waals surface area contributed by atoms with Crippen LogP contribution in [0.15, 0.2) is 0 Å². The van der Waals surface area contributed by atoms with Gasteiger partial charge in [-0.2, -0.15) is 0 Å². The highest BCUT2D eigenvalue weighted by atomic mass is 16.1. The van der Waals surface area contributed by atoms with Crippen LogP contribution in [0.25, 0.3) is 0 Å². The first-order chi connectivity index (χ1) is 2.77. The molecule has 0 aliphatic rings. The molecule has 6 heavy (non-hydrogen) atoms. The van der Waals surface area contributed by atoms with E-state index in [0.29, 0.717) is 0 Å². The number of nitrogens with two attached hydrogens (primary N) is 1. The molecule has 0 spiro atoms. The van der Waals surface area contributed by atoms with Gasteiger partial charge in [0.05, 0.1) is 0 Å². The van der Waals surface area contributed by atoms with Crippen molar-refractivity contribution in [3.8, 4) is 0 Å². The van der Waals surface area contributed by atoms with Crippen LogP contribution in [0.4, 0.5) is 4.79 Å². The van der Waals surface area contributed by atoms with Crippen LogP contribution in [0.2, 0.25) is 0 Å². The molecule has 33 valence electrons. The quantitative estimate of drug-likeness (QED) is 0.418. The molecule has 1 radical (unpaired) electrons. The molecular weight excluding hydrogens is 78.8 g/mol. The predicted octanol–water partition coefficient (Wildman–Crippen LogP) is -1.10. The van der Waals surface area contributed by atoms with E-state index < -0.39 is 5.81 Å². The normalized spacial score (nSPS) is 7.50. The molecule has 0 aromatic rings. The van der Waals surface area contributed by atoms with Crippen LogP contribution in [-0.2, 0) is 0 Å². The lowest BCUT2D eigenvalue weighted by molar-refractivity contribution is 0.265. The van der Waals surface area contributed by atoms with E-state index in [0.717, 1.165) is 0 Å². The van der Waals surface area contributed by atoms with E-state index >= 15 is 0 Å². The average molecular weight is 84.9 g/mol. The van der Waals surface area contributed by atoms with Crippen molar-refractivity contribution in [2.24, 2.45) is 5.73 Å². The number of carbonyl (C=O) groups is 1. The second-order valence-electron chi connectivity index (χ2n) is 0.835. The lowest BCUT2D eigenvalue weighted by atomic mass is 9.95. The summed E-state index contributed by atoms with van der Waals surface area (Å²) in [4.78, 5) is 9.70. The van der Waals surface area contributed by atoms with Crippen molar-refractivity contribution in [3.05, 3.63) is 0 Å². The monoisotopic (exact) mass is 85.1 g/mol. The molecule has 3 nitrogen and oxygen atoms in total. The molecule has 0 unspecified atom stereocenters. The maximum Gasteiger partial charge on any atom is 0.325 e. The van der Waals surface area contributed by atoms with Gasteiger partial charge in [0.1, 0.15) is 0 Å². The number of hydrogen-bond acceptors (Lipinski definition) is 2. The van der Waals surface area contributed by atoms with Crippen LogP contribution < -0.4 is 11.0 Å². The van der Waals surface area contributed by atoms with Gasteiger partial charge in [0, 0.05) is 0 Å². The average Bonchev–Trinajstić information content (AvgIpc) is 1.35. The minimum atomic E-state index is -0.447. The fourth-order valence-corrected chi connectivity index (χ4v) is 0.142. The predicted molar refractivity (Wildman–Crippen MR) is 24.4 cm³/mol. The molecule has 0 aromatic carbocycles. The van der Waals surface area contributed by atoms with Gasteiger partial charge in [-0.05, 0) is 7.05 Å². The lowest BCUT2D eigenvalue weighted by Gasteiger charge is -1.81. The Labute approximate surface area is 37.2 Å². The van der Waals surface area contributed by atoms with Crippen LogP contribution in [0.3, 0.4) is 0 Å². The fraction of sp³-hybridized carbons (Fsp3) is 0.500. The van der Waals surface area contributed by atoms with E-state index in [9.17, 15) is 4.79 Å². The van der Waals surface area contributed by atoms with Crippen molar-refractivity contribution in [1.29, 1.82) is 0 Å². The molecule has 1 amide bonds. The van der Waals surface area contributed by atoms with Crippen LogP contribution in [0.5, 0.6) is 0 Å². The van der Waals surface area contributed by atoms with Gasteiger partial charge in [-0.15, -0.1) is 0 Å². The zero-order chi connectivity index (χ0) is 4.99. The van der Waals surface area contributed by atoms with E-state index in [1.807, 2.05) is 0 Å². The fourth-order valence-electron chi connectivity index (χ4n) is 0.142. The number of nitrogens with one attached hydrogen (secondary N) is 1. The molecule has 3 N–H and O–H groups in total. The van der Waals surface area contributed by atoms with Crippen molar-refractivity contribution in [2.45, 2.75) is 0 Å². The zero-order valence-electron chi connectivity index (χ0n) is 3.56. The van der Waals surface area contributed by atoms with Crippen LogP contribution >= 0.6 is 0 Å². The van der Waals surface area contributed by atoms with E-state index in [2.05, 4.69) is 11.0 Å². The third kappa shape index (κ3) is 3.49. The zero-order valence-corrected chi connectivity index (χ0v) is 3.56. The molecule has 0 bridgehead atoms. The SMILES string of the molecule is CN[B]C(N)=O. The summed E-state index contributed by atoms with van der Waals surface area (Å²) in [5.74, 6) is -0.447. The first kappa shape index (κ1) is 5.49. The number of hydrogen-bond donors (Lipinski definition) is 2. The van der Waals surface area contributed by atoms with Crippen LogP contribution in [0, 0.1) is 0 Å². The lowest BCUT2D eigenvalue weighted by Crippen LogP contribution is -2.28. The first-order valence-corrected chi connectivity index (χ1v) is 1.57. The Hall–Kier alpha value is -0.505. The molecule has 0 aliphatic carbocycles. The minimum Gasteiger partial charge on any atom is -0.377 e.